The minimum atomic E-state index is 0.216. The number of ether oxygens (including phenoxy) is 1. The van der Waals surface area contributed by atoms with Gasteiger partial charge in [-0.05, 0) is 18.4 Å². The van der Waals surface area contributed by atoms with E-state index in [9.17, 15) is 0 Å². The molecule has 1 saturated carbocycles. The van der Waals surface area contributed by atoms with Gasteiger partial charge in [-0.25, -0.2) is 0 Å². The average molecular weight is 265 g/mol. The van der Waals surface area contributed by atoms with E-state index in [2.05, 4.69) is 44.2 Å². The first-order valence-corrected chi connectivity index (χ1v) is 7.23. The van der Waals surface area contributed by atoms with Crippen LogP contribution in [-0.2, 0) is 18.3 Å². The minimum Gasteiger partial charge on any atom is -0.377 e. The second-order valence-corrected chi connectivity index (χ2v) is 6.65. The number of rotatable bonds is 6. The zero-order chi connectivity index (χ0) is 14.0. The normalized spacial score (nSPS) is 25.6. The molecule has 1 N–H and O–H groups in total. The second kappa shape index (κ2) is 5.63. The highest BCUT2D eigenvalue weighted by atomic mass is 16.5. The molecule has 2 rings (SSSR count). The Bertz CT molecular complexity index is 411. The van der Waals surface area contributed by atoms with E-state index in [0.717, 1.165) is 19.6 Å². The number of nitrogens with one attached hydrogen (secondary N) is 1. The van der Waals surface area contributed by atoms with E-state index in [1.807, 2.05) is 17.9 Å². The first kappa shape index (κ1) is 14.5. The Morgan fingerprint density at radius 3 is 2.79 bits per heavy atom. The number of aromatic nitrogens is 2. The molecule has 1 aliphatic carbocycles. The Morgan fingerprint density at radius 1 is 1.53 bits per heavy atom. The zero-order valence-corrected chi connectivity index (χ0v) is 12.8. The van der Waals surface area contributed by atoms with E-state index in [1.165, 1.54) is 5.69 Å². The maximum atomic E-state index is 5.99. The summed E-state index contributed by atoms with van der Waals surface area (Å²) in [5, 5.41) is 7.82. The predicted molar refractivity (Wildman–Crippen MR) is 76.8 cm³/mol. The maximum Gasteiger partial charge on any atom is 0.0656 e. The van der Waals surface area contributed by atoms with Crippen molar-refractivity contribution in [3.8, 4) is 0 Å². The smallest absolute Gasteiger partial charge is 0.0656 e. The lowest BCUT2D eigenvalue weighted by Gasteiger charge is -2.52. The summed E-state index contributed by atoms with van der Waals surface area (Å²) >= 11 is 0. The van der Waals surface area contributed by atoms with Crippen LogP contribution < -0.4 is 5.32 Å². The monoisotopic (exact) mass is 265 g/mol. The van der Waals surface area contributed by atoms with Crippen LogP contribution in [-0.4, -0.2) is 28.5 Å². The van der Waals surface area contributed by atoms with E-state index >= 15 is 0 Å². The minimum absolute atomic E-state index is 0.216. The van der Waals surface area contributed by atoms with E-state index < -0.39 is 0 Å². The van der Waals surface area contributed by atoms with Gasteiger partial charge in [-0.1, -0.05) is 27.7 Å². The van der Waals surface area contributed by atoms with Gasteiger partial charge >= 0.3 is 0 Å². The molecule has 0 amide bonds. The fourth-order valence-corrected chi connectivity index (χ4v) is 2.63. The van der Waals surface area contributed by atoms with Gasteiger partial charge < -0.3 is 10.1 Å². The fraction of sp³-hybridized carbons (Fsp3) is 0.800. The van der Waals surface area contributed by atoms with Crippen LogP contribution in [0.15, 0.2) is 12.3 Å². The third kappa shape index (κ3) is 3.18. The molecule has 0 spiro atoms. The molecule has 4 heteroatoms. The maximum absolute atomic E-state index is 5.99. The molecule has 108 valence electrons. The standard InChI is InChI=1S/C15H27N3O/c1-11(2)10-19-14-8-13(15(14,3)4)16-9-12-6-7-17-18(12)5/h6-7,11,13-14,16H,8-10H2,1-5H3. The molecule has 1 aliphatic rings. The van der Waals surface area contributed by atoms with Crippen molar-refractivity contribution in [2.75, 3.05) is 6.61 Å². The fourth-order valence-electron chi connectivity index (χ4n) is 2.63. The Kier molecular flexibility index (Phi) is 4.31. The molecule has 4 nitrogen and oxygen atoms in total. The quantitative estimate of drug-likeness (QED) is 0.858. The average Bonchev–Trinajstić information content (AvgIpc) is 2.72. The molecule has 1 fully saturated rings. The van der Waals surface area contributed by atoms with Crippen molar-refractivity contribution >= 4 is 0 Å². The molecule has 0 aliphatic heterocycles. The Balaban J connectivity index is 1.79. The third-order valence-corrected chi connectivity index (χ3v) is 4.26. The summed E-state index contributed by atoms with van der Waals surface area (Å²) in [4.78, 5) is 0. The van der Waals surface area contributed by atoms with Gasteiger partial charge in [-0.15, -0.1) is 0 Å². The summed E-state index contributed by atoms with van der Waals surface area (Å²) in [6.07, 6.45) is 3.34. The van der Waals surface area contributed by atoms with Crippen LogP contribution in [0.2, 0.25) is 0 Å². The van der Waals surface area contributed by atoms with Crippen LogP contribution >= 0.6 is 0 Å². The van der Waals surface area contributed by atoms with Crippen LogP contribution in [0.4, 0.5) is 0 Å². The van der Waals surface area contributed by atoms with Crippen molar-refractivity contribution in [1.82, 2.24) is 15.1 Å². The number of aryl methyl sites for hydroxylation is 1. The summed E-state index contributed by atoms with van der Waals surface area (Å²) in [5.74, 6) is 0.609. The van der Waals surface area contributed by atoms with Crippen molar-refractivity contribution in [1.29, 1.82) is 0 Å². The first-order valence-electron chi connectivity index (χ1n) is 7.23. The summed E-state index contributed by atoms with van der Waals surface area (Å²) in [5.41, 5.74) is 1.44. The van der Waals surface area contributed by atoms with Gasteiger partial charge in [0.1, 0.15) is 0 Å². The molecule has 0 saturated heterocycles. The van der Waals surface area contributed by atoms with Gasteiger partial charge in [-0.3, -0.25) is 4.68 Å². The van der Waals surface area contributed by atoms with Crippen molar-refractivity contribution in [3.63, 3.8) is 0 Å². The third-order valence-electron chi connectivity index (χ3n) is 4.26. The van der Waals surface area contributed by atoms with Crippen molar-refractivity contribution in [2.45, 2.75) is 52.8 Å². The van der Waals surface area contributed by atoms with E-state index in [-0.39, 0.29) is 5.41 Å². The second-order valence-electron chi connectivity index (χ2n) is 6.65. The highest BCUT2D eigenvalue weighted by Crippen LogP contribution is 2.43. The lowest BCUT2D eigenvalue weighted by atomic mass is 9.64. The molecule has 1 aromatic heterocycles. The van der Waals surface area contributed by atoms with E-state index in [0.29, 0.717) is 18.1 Å². The van der Waals surface area contributed by atoms with Crippen LogP contribution in [0.5, 0.6) is 0 Å². The highest BCUT2D eigenvalue weighted by Gasteiger charge is 2.48. The molecular weight excluding hydrogens is 238 g/mol. The van der Waals surface area contributed by atoms with Crippen molar-refractivity contribution in [2.24, 2.45) is 18.4 Å². The van der Waals surface area contributed by atoms with Crippen LogP contribution in [0, 0.1) is 11.3 Å². The molecule has 2 atom stereocenters. The Hall–Kier alpha value is -0.870. The summed E-state index contributed by atoms with van der Waals surface area (Å²) in [6.45, 7) is 10.7. The molecular formula is C15H27N3O. The highest BCUT2D eigenvalue weighted by molar-refractivity contribution is 5.05. The molecule has 1 aromatic rings. The van der Waals surface area contributed by atoms with Gasteiger partial charge in [0, 0.05) is 37.9 Å². The molecule has 2 unspecified atom stereocenters. The molecule has 0 radical (unpaired) electrons. The first-order chi connectivity index (χ1) is 8.91. The molecule has 1 heterocycles. The molecule has 0 aromatic carbocycles. The molecule has 19 heavy (non-hydrogen) atoms. The van der Waals surface area contributed by atoms with Gasteiger partial charge in [0.15, 0.2) is 0 Å². The SMILES string of the molecule is CC(C)COC1CC(NCc2ccnn2C)C1(C)C. The summed E-state index contributed by atoms with van der Waals surface area (Å²) in [7, 11) is 1.98. The summed E-state index contributed by atoms with van der Waals surface area (Å²) in [6, 6.07) is 2.59. The lowest BCUT2D eigenvalue weighted by molar-refractivity contribution is -0.124. The van der Waals surface area contributed by atoms with Gasteiger partial charge in [-0.2, -0.15) is 5.10 Å². The zero-order valence-electron chi connectivity index (χ0n) is 12.8. The lowest BCUT2D eigenvalue weighted by Crippen LogP contribution is -2.60. The topological polar surface area (TPSA) is 39.1 Å². The van der Waals surface area contributed by atoms with Crippen molar-refractivity contribution in [3.05, 3.63) is 18.0 Å². The van der Waals surface area contributed by atoms with Gasteiger partial charge in [0.05, 0.1) is 11.8 Å². The van der Waals surface area contributed by atoms with Crippen molar-refractivity contribution < 1.29 is 4.74 Å². The van der Waals surface area contributed by atoms with Crippen LogP contribution in [0.25, 0.3) is 0 Å². The molecule has 0 bridgehead atoms. The number of hydrogen-bond acceptors (Lipinski definition) is 3. The van der Waals surface area contributed by atoms with Gasteiger partial charge in [0.2, 0.25) is 0 Å². The predicted octanol–water partition coefficient (Wildman–Crippen LogP) is 2.35. The van der Waals surface area contributed by atoms with Crippen LogP contribution in [0.3, 0.4) is 0 Å². The Labute approximate surface area is 116 Å². The number of hydrogen-bond donors (Lipinski definition) is 1. The largest absolute Gasteiger partial charge is 0.377 e. The Morgan fingerprint density at radius 2 is 2.26 bits per heavy atom. The van der Waals surface area contributed by atoms with Crippen LogP contribution in [0.1, 0.15) is 39.8 Å². The van der Waals surface area contributed by atoms with Gasteiger partial charge in [0.25, 0.3) is 0 Å². The summed E-state index contributed by atoms with van der Waals surface area (Å²) < 4.78 is 7.91. The van der Waals surface area contributed by atoms with E-state index in [4.69, 9.17) is 4.74 Å². The number of nitrogens with zero attached hydrogens (tertiary/aromatic N) is 2. The van der Waals surface area contributed by atoms with E-state index in [1.54, 1.807) is 0 Å².